The molecule has 0 aliphatic heterocycles. The highest BCUT2D eigenvalue weighted by molar-refractivity contribution is 7.11. The third-order valence-electron chi connectivity index (χ3n) is 4.01. The minimum Gasteiger partial charge on any atom is -0.865 e. The molecule has 1 heterocycles. The number of ether oxygens (including phenoxy) is 2. The fraction of sp³-hybridized carbons (Fsp3) is 0.100. The second kappa shape index (κ2) is 8.41. The SMILES string of the molecule is COc1cccc(-c2csc(/C(C#N)=C/c3cc(OC)c([O-])c([N+](=O)[O-])c3)n2)c1. The summed E-state index contributed by atoms with van der Waals surface area (Å²) in [5, 5.41) is 34.9. The molecule has 0 saturated heterocycles. The number of aromatic nitrogens is 1. The molecule has 0 saturated carbocycles. The molecule has 29 heavy (non-hydrogen) atoms. The van der Waals surface area contributed by atoms with E-state index in [0.29, 0.717) is 22.0 Å². The van der Waals surface area contributed by atoms with Crippen LogP contribution in [0.3, 0.4) is 0 Å². The normalized spacial score (nSPS) is 11.0. The summed E-state index contributed by atoms with van der Waals surface area (Å²) < 4.78 is 10.1. The Morgan fingerprint density at radius 1 is 1.28 bits per heavy atom. The molecule has 0 unspecified atom stereocenters. The molecule has 0 aliphatic carbocycles. The number of nitro groups is 1. The van der Waals surface area contributed by atoms with E-state index in [0.717, 1.165) is 11.6 Å². The van der Waals surface area contributed by atoms with E-state index in [4.69, 9.17) is 9.47 Å². The highest BCUT2D eigenvalue weighted by Gasteiger charge is 2.15. The van der Waals surface area contributed by atoms with Gasteiger partial charge in [-0.05, 0) is 29.8 Å². The second-order valence-electron chi connectivity index (χ2n) is 5.77. The number of benzene rings is 2. The molecular formula is C20H14N3O5S-. The average molecular weight is 408 g/mol. The summed E-state index contributed by atoms with van der Waals surface area (Å²) in [6.07, 6.45) is 1.43. The van der Waals surface area contributed by atoms with Crippen LogP contribution >= 0.6 is 11.3 Å². The molecule has 3 rings (SSSR count). The Labute approximate surface area is 170 Å². The van der Waals surface area contributed by atoms with E-state index >= 15 is 0 Å². The molecule has 0 radical (unpaired) electrons. The lowest BCUT2D eigenvalue weighted by Crippen LogP contribution is -2.01. The van der Waals surface area contributed by atoms with E-state index in [9.17, 15) is 20.5 Å². The average Bonchev–Trinajstić information content (AvgIpc) is 3.22. The van der Waals surface area contributed by atoms with Crippen LogP contribution in [0.5, 0.6) is 17.2 Å². The summed E-state index contributed by atoms with van der Waals surface area (Å²) in [6, 6.07) is 11.9. The Morgan fingerprint density at radius 2 is 2.07 bits per heavy atom. The summed E-state index contributed by atoms with van der Waals surface area (Å²) in [7, 11) is 2.82. The van der Waals surface area contributed by atoms with Crippen molar-refractivity contribution in [1.29, 1.82) is 5.26 Å². The van der Waals surface area contributed by atoms with Gasteiger partial charge in [-0.2, -0.15) is 5.26 Å². The Bertz CT molecular complexity index is 1150. The van der Waals surface area contributed by atoms with E-state index in [2.05, 4.69) is 11.1 Å². The van der Waals surface area contributed by atoms with Crippen LogP contribution in [0.25, 0.3) is 22.9 Å². The summed E-state index contributed by atoms with van der Waals surface area (Å²) in [4.78, 5) is 14.8. The van der Waals surface area contributed by atoms with Gasteiger partial charge in [-0.15, -0.1) is 11.3 Å². The smallest absolute Gasteiger partial charge is 0.266 e. The fourth-order valence-corrected chi connectivity index (χ4v) is 3.39. The van der Waals surface area contributed by atoms with Gasteiger partial charge < -0.3 is 14.6 Å². The van der Waals surface area contributed by atoms with Gasteiger partial charge in [0, 0.05) is 22.8 Å². The molecule has 0 bridgehead atoms. The van der Waals surface area contributed by atoms with E-state index in [1.54, 1.807) is 12.5 Å². The van der Waals surface area contributed by atoms with Gasteiger partial charge in [0.05, 0.1) is 30.4 Å². The number of rotatable bonds is 6. The lowest BCUT2D eigenvalue weighted by molar-refractivity contribution is -0.398. The first-order valence-electron chi connectivity index (χ1n) is 8.22. The van der Waals surface area contributed by atoms with Gasteiger partial charge in [-0.3, -0.25) is 10.1 Å². The lowest BCUT2D eigenvalue weighted by atomic mass is 10.1. The van der Waals surface area contributed by atoms with Crippen LogP contribution < -0.4 is 14.6 Å². The molecule has 146 valence electrons. The monoisotopic (exact) mass is 408 g/mol. The fourth-order valence-electron chi connectivity index (χ4n) is 2.60. The van der Waals surface area contributed by atoms with E-state index in [1.165, 1.54) is 30.6 Å². The predicted octanol–water partition coefficient (Wildman–Crippen LogP) is 3.87. The molecule has 8 nitrogen and oxygen atoms in total. The van der Waals surface area contributed by atoms with Gasteiger partial charge in [0.2, 0.25) is 0 Å². The van der Waals surface area contributed by atoms with Gasteiger partial charge in [0.15, 0.2) is 0 Å². The third-order valence-corrected chi connectivity index (χ3v) is 4.88. The maximum atomic E-state index is 12.0. The van der Waals surface area contributed by atoms with Crippen molar-refractivity contribution >= 4 is 28.7 Å². The van der Waals surface area contributed by atoms with Crippen molar-refractivity contribution < 1.29 is 19.5 Å². The minimum atomic E-state index is -0.817. The van der Waals surface area contributed by atoms with E-state index in [-0.39, 0.29) is 11.3 Å². The molecule has 0 N–H and O–H groups in total. The van der Waals surface area contributed by atoms with Crippen LogP contribution in [0, 0.1) is 21.4 Å². The molecular weight excluding hydrogens is 394 g/mol. The molecule has 0 fully saturated rings. The summed E-state index contributed by atoms with van der Waals surface area (Å²) in [5.74, 6) is -0.299. The minimum absolute atomic E-state index is 0.168. The molecule has 0 aliphatic rings. The zero-order valence-corrected chi connectivity index (χ0v) is 16.2. The zero-order chi connectivity index (χ0) is 21.0. The number of nitriles is 1. The van der Waals surface area contributed by atoms with Crippen LogP contribution in [0.4, 0.5) is 5.69 Å². The maximum Gasteiger partial charge on any atom is 0.266 e. The molecule has 3 aromatic rings. The molecule has 0 amide bonds. The van der Waals surface area contributed by atoms with Crippen molar-refractivity contribution in [1.82, 2.24) is 4.98 Å². The number of methoxy groups -OCH3 is 2. The van der Waals surface area contributed by atoms with Crippen molar-refractivity contribution in [3.63, 3.8) is 0 Å². The Morgan fingerprint density at radius 3 is 2.72 bits per heavy atom. The van der Waals surface area contributed by atoms with Crippen molar-refractivity contribution in [2.24, 2.45) is 0 Å². The quantitative estimate of drug-likeness (QED) is 0.345. The molecule has 9 heteroatoms. The highest BCUT2D eigenvalue weighted by atomic mass is 32.1. The Hall–Kier alpha value is -3.90. The van der Waals surface area contributed by atoms with Gasteiger partial charge in [0.1, 0.15) is 22.6 Å². The van der Waals surface area contributed by atoms with Gasteiger partial charge >= 0.3 is 0 Å². The summed E-state index contributed by atoms with van der Waals surface area (Å²) in [6.45, 7) is 0. The molecule has 1 aromatic heterocycles. The van der Waals surface area contributed by atoms with Crippen LogP contribution in [0.2, 0.25) is 0 Å². The lowest BCUT2D eigenvalue weighted by Gasteiger charge is -2.13. The second-order valence-corrected chi connectivity index (χ2v) is 6.63. The van der Waals surface area contributed by atoms with Gasteiger partial charge in [0.25, 0.3) is 5.69 Å². The van der Waals surface area contributed by atoms with E-state index in [1.807, 2.05) is 24.3 Å². The van der Waals surface area contributed by atoms with Gasteiger partial charge in [-0.1, -0.05) is 12.1 Å². The largest absolute Gasteiger partial charge is 0.865 e. The van der Waals surface area contributed by atoms with Crippen molar-refractivity contribution in [3.8, 4) is 34.6 Å². The van der Waals surface area contributed by atoms with Crippen LogP contribution in [-0.4, -0.2) is 24.1 Å². The van der Waals surface area contributed by atoms with Crippen LogP contribution in [-0.2, 0) is 0 Å². The topological polar surface area (TPSA) is 121 Å². The third kappa shape index (κ3) is 4.17. The first-order chi connectivity index (χ1) is 14.0. The first-order valence-corrected chi connectivity index (χ1v) is 9.10. The number of hydrogen-bond acceptors (Lipinski definition) is 8. The van der Waals surface area contributed by atoms with Crippen LogP contribution in [0.1, 0.15) is 10.6 Å². The summed E-state index contributed by atoms with van der Waals surface area (Å²) >= 11 is 1.26. The molecule has 0 spiro atoms. The Balaban J connectivity index is 2.02. The van der Waals surface area contributed by atoms with Crippen LogP contribution in [0.15, 0.2) is 41.8 Å². The first kappa shape index (κ1) is 19.9. The van der Waals surface area contributed by atoms with Crippen molar-refractivity contribution in [3.05, 3.63) is 62.5 Å². The summed E-state index contributed by atoms with van der Waals surface area (Å²) in [5.41, 5.74) is 1.38. The number of hydrogen-bond donors (Lipinski definition) is 0. The molecule has 2 aromatic carbocycles. The highest BCUT2D eigenvalue weighted by Crippen LogP contribution is 2.36. The van der Waals surface area contributed by atoms with Crippen molar-refractivity contribution in [2.75, 3.05) is 14.2 Å². The van der Waals surface area contributed by atoms with Crippen molar-refractivity contribution in [2.45, 2.75) is 0 Å². The predicted molar refractivity (Wildman–Crippen MR) is 107 cm³/mol. The number of nitro benzene ring substituents is 1. The molecule has 0 atom stereocenters. The zero-order valence-electron chi connectivity index (χ0n) is 15.4. The standard InChI is InChI=1S/C20H15N3O5S/c1-27-15-5-3-4-13(9-15)16-11-29-20(22-16)14(10-21)6-12-7-17(23(25)26)19(24)18(8-12)28-2/h3-9,11,24H,1-2H3/p-1/b14-6+. The number of nitrogens with zero attached hydrogens (tertiary/aromatic N) is 3. The number of thiazole rings is 1. The Kier molecular flexibility index (Phi) is 5.76. The van der Waals surface area contributed by atoms with Gasteiger partial charge in [-0.25, -0.2) is 4.98 Å². The maximum absolute atomic E-state index is 12.0. The van der Waals surface area contributed by atoms with E-state index < -0.39 is 16.4 Å². The number of allylic oxidation sites excluding steroid dienone is 1.